The zero-order valence-electron chi connectivity index (χ0n) is 12.7. The van der Waals surface area contributed by atoms with Crippen LogP contribution in [0.15, 0.2) is 18.2 Å². The molecule has 1 rings (SSSR count). The lowest BCUT2D eigenvalue weighted by Crippen LogP contribution is -2.19. The fourth-order valence-electron chi connectivity index (χ4n) is 2.14. The lowest BCUT2D eigenvalue weighted by Gasteiger charge is -2.21. The lowest BCUT2D eigenvalue weighted by molar-refractivity contribution is 0.283. The van der Waals surface area contributed by atoms with Crippen molar-refractivity contribution in [3.05, 3.63) is 28.8 Å². The van der Waals surface area contributed by atoms with E-state index in [1.807, 2.05) is 6.07 Å². The van der Waals surface area contributed by atoms with Crippen LogP contribution in [0, 0.1) is 0 Å². The van der Waals surface area contributed by atoms with Crippen LogP contribution in [0.2, 0.25) is 5.02 Å². The zero-order chi connectivity index (χ0) is 14.8. The highest BCUT2D eigenvalue weighted by atomic mass is 35.5. The van der Waals surface area contributed by atoms with Gasteiger partial charge >= 0.3 is 0 Å². The molecule has 0 bridgehead atoms. The van der Waals surface area contributed by atoms with E-state index in [-0.39, 0.29) is 6.61 Å². The average Bonchev–Trinajstić information content (AvgIpc) is 2.44. The number of benzene rings is 1. The summed E-state index contributed by atoms with van der Waals surface area (Å²) in [7, 11) is 2.06. The van der Waals surface area contributed by atoms with Gasteiger partial charge in [0, 0.05) is 26.7 Å². The molecular weight excluding hydrogens is 272 g/mol. The van der Waals surface area contributed by atoms with Gasteiger partial charge in [-0.05, 0) is 49.9 Å². The van der Waals surface area contributed by atoms with E-state index >= 15 is 0 Å². The lowest BCUT2D eigenvalue weighted by atomic mass is 10.1. The van der Waals surface area contributed by atoms with Crippen molar-refractivity contribution in [2.24, 2.45) is 0 Å². The normalized spacial score (nSPS) is 10.8. The number of nitrogens with one attached hydrogen (secondary N) is 1. The summed E-state index contributed by atoms with van der Waals surface area (Å²) in [5.41, 5.74) is 2.30. The Bertz CT molecular complexity index is 385. The first-order valence-electron chi connectivity index (χ1n) is 7.50. The first-order valence-corrected chi connectivity index (χ1v) is 7.88. The minimum Gasteiger partial charge on any atom is -0.396 e. The van der Waals surface area contributed by atoms with Gasteiger partial charge in [0.1, 0.15) is 0 Å². The summed E-state index contributed by atoms with van der Waals surface area (Å²) in [5.74, 6) is 0. The monoisotopic (exact) mass is 298 g/mol. The third-order valence-electron chi connectivity index (χ3n) is 3.33. The molecule has 0 saturated heterocycles. The number of unbranched alkanes of at least 4 members (excludes halogenated alkanes) is 2. The van der Waals surface area contributed by atoms with Crippen LogP contribution in [0.3, 0.4) is 0 Å². The molecule has 1 aromatic rings. The maximum atomic E-state index is 8.77. The van der Waals surface area contributed by atoms with Crippen molar-refractivity contribution in [2.75, 3.05) is 31.6 Å². The molecule has 0 aliphatic carbocycles. The molecule has 0 atom stereocenters. The largest absolute Gasteiger partial charge is 0.396 e. The van der Waals surface area contributed by atoms with E-state index in [1.54, 1.807) is 0 Å². The molecule has 0 saturated carbocycles. The Hall–Kier alpha value is -0.770. The fourth-order valence-corrected chi connectivity index (χ4v) is 2.48. The van der Waals surface area contributed by atoms with Crippen molar-refractivity contribution in [1.29, 1.82) is 0 Å². The molecule has 4 heteroatoms. The number of hydrogen-bond acceptors (Lipinski definition) is 3. The van der Waals surface area contributed by atoms with E-state index in [9.17, 15) is 0 Å². The topological polar surface area (TPSA) is 35.5 Å². The highest BCUT2D eigenvalue weighted by Gasteiger charge is 2.06. The molecule has 20 heavy (non-hydrogen) atoms. The molecule has 0 radical (unpaired) electrons. The number of aliphatic hydroxyl groups is 1. The van der Waals surface area contributed by atoms with Crippen LogP contribution < -0.4 is 10.2 Å². The zero-order valence-corrected chi connectivity index (χ0v) is 13.4. The van der Waals surface area contributed by atoms with E-state index in [0.717, 1.165) is 56.0 Å². The van der Waals surface area contributed by atoms with Crippen LogP contribution in [0.4, 0.5) is 5.69 Å². The van der Waals surface area contributed by atoms with Crippen LogP contribution in [0.1, 0.15) is 38.2 Å². The van der Waals surface area contributed by atoms with Crippen LogP contribution in [-0.4, -0.2) is 31.9 Å². The third-order valence-corrected chi connectivity index (χ3v) is 3.63. The van der Waals surface area contributed by atoms with E-state index in [0.29, 0.717) is 0 Å². The molecule has 0 aliphatic heterocycles. The standard InChI is InChI=1S/C16H27ClN2O/c1-3-9-18-13-14-7-8-16(15(17)12-14)19(2)10-5-4-6-11-20/h7-8,12,18,20H,3-6,9-11,13H2,1-2H3. The fraction of sp³-hybridized carbons (Fsp3) is 0.625. The second-order valence-corrected chi connectivity index (χ2v) is 5.58. The molecule has 0 aliphatic rings. The van der Waals surface area contributed by atoms with Gasteiger partial charge < -0.3 is 15.3 Å². The molecule has 0 heterocycles. The van der Waals surface area contributed by atoms with E-state index < -0.39 is 0 Å². The molecule has 114 valence electrons. The molecular formula is C16H27ClN2O. The summed E-state index contributed by atoms with van der Waals surface area (Å²) < 4.78 is 0. The molecule has 2 N–H and O–H groups in total. The number of aliphatic hydroxyl groups excluding tert-OH is 1. The minimum absolute atomic E-state index is 0.282. The molecule has 0 spiro atoms. The van der Waals surface area contributed by atoms with Gasteiger partial charge in [-0.2, -0.15) is 0 Å². The molecule has 0 amide bonds. The van der Waals surface area contributed by atoms with E-state index in [2.05, 4.69) is 36.3 Å². The van der Waals surface area contributed by atoms with Gasteiger partial charge in [0.2, 0.25) is 0 Å². The average molecular weight is 299 g/mol. The summed E-state index contributed by atoms with van der Waals surface area (Å²) in [6.07, 6.45) is 4.15. The number of rotatable bonds is 10. The van der Waals surface area contributed by atoms with Crippen molar-refractivity contribution in [3.63, 3.8) is 0 Å². The van der Waals surface area contributed by atoms with Crippen molar-refractivity contribution in [3.8, 4) is 0 Å². The number of hydrogen-bond donors (Lipinski definition) is 2. The van der Waals surface area contributed by atoms with Crippen LogP contribution in [-0.2, 0) is 6.54 Å². The third kappa shape index (κ3) is 6.12. The molecule has 1 aromatic carbocycles. The SMILES string of the molecule is CCCNCc1ccc(N(C)CCCCCO)c(Cl)c1. The van der Waals surface area contributed by atoms with Gasteiger partial charge in [-0.25, -0.2) is 0 Å². The Morgan fingerprint density at radius 3 is 2.70 bits per heavy atom. The van der Waals surface area contributed by atoms with Crippen molar-refractivity contribution < 1.29 is 5.11 Å². The second kappa shape index (κ2) is 10.0. The van der Waals surface area contributed by atoms with Crippen molar-refractivity contribution in [2.45, 2.75) is 39.2 Å². The maximum absolute atomic E-state index is 8.77. The predicted molar refractivity (Wildman–Crippen MR) is 87.7 cm³/mol. The van der Waals surface area contributed by atoms with E-state index in [4.69, 9.17) is 16.7 Å². The van der Waals surface area contributed by atoms with Gasteiger partial charge in [-0.15, -0.1) is 0 Å². The van der Waals surface area contributed by atoms with Crippen LogP contribution >= 0.6 is 11.6 Å². The predicted octanol–water partition coefficient (Wildman–Crippen LogP) is 3.44. The highest BCUT2D eigenvalue weighted by molar-refractivity contribution is 6.33. The summed E-state index contributed by atoms with van der Waals surface area (Å²) >= 11 is 6.37. The number of nitrogens with zero attached hydrogens (tertiary/aromatic N) is 1. The Balaban J connectivity index is 2.49. The molecule has 0 unspecified atom stereocenters. The number of halogens is 1. The Kier molecular flexibility index (Phi) is 8.67. The summed E-state index contributed by atoms with van der Waals surface area (Å²) in [6, 6.07) is 6.27. The van der Waals surface area contributed by atoms with Crippen molar-refractivity contribution >= 4 is 17.3 Å². The van der Waals surface area contributed by atoms with Gasteiger partial charge in [-0.1, -0.05) is 24.6 Å². The Labute approximate surface area is 127 Å². The van der Waals surface area contributed by atoms with Gasteiger partial charge in [0.25, 0.3) is 0 Å². The first kappa shape index (κ1) is 17.3. The second-order valence-electron chi connectivity index (χ2n) is 5.17. The summed E-state index contributed by atoms with van der Waals surface area (Å²) in [4.78, 5) is 2.18. The Morgan fingerprint density at radius 2 is 2.05 bits per heavy atom. The highest BCUT2D eigenvalue weighted by Crippen LogP contribution is 2.26. The van der Waals surface area contributed by atoms with Crippen LogP contribution in [0.25, 0.3) is 0 Å². The Morgan fingerprint density at radius 1 is 1.25 bits per heavy atom. The van der Waals surface area contributed by atoms with Gasteiger partial charge in [0.15, 0.2) is 0 Å². The number of anilines is 1. The first-order chi connectivity index (χ1) is 9.69. The van der Waals surface area contributed by atoms with E-state index in [1.165, 1.54) is 5.56 Å². The smallest absolute Gasteiger partial charge is 0.0642 e. The molecule has 0 fully saturated rings. The molecule has 3 nitrogen and oxygen atoms in total. The van der Waals surface area contributed by atoms with Crippen molar-refractivity contribution in [1.82, 2.24) is 5.32 Å². The van der Waals surface area contributed by atoms with Gasteiger partial charge in [0.05, 0.1) is 10.7 Å². The quantitative estimate of drug-likeness (QED) is 0.650. The minimum atomic E-state index is 0.282. The van der Waals surface area contributed by atoms with Crippen LogP contribution in [0.5, 0.6) is 0 Å². The summed E-state index contributed by atoms with van der Waals surface area (Å²) in [6.45, 7) is 5.31. The van der Waals surface area contributed by atoms with Gasteiger partial charge in [-0.3, -0.25) is 0 Å². The molecule has 0 aromatic heterocycles. The summed E-state index contributed by atoms with van der Waals surface area (Å²) in [5, 5.41) is 13.0. The maximum Gasteiger partial charge on any atom is 0.0642 e.